The van der Waals surface area contributed by atoms with Gasteiger partial charge in [-0.3, -0.25) is 9.88 Å². The highest BCUT2D eigenvalue weighted by Crippen LogP contribution is 2.38. The lowest BCUT2D eigenvalue weighted by Crippen LogP contribution is -2.42. The summed E-state index contributed by atoms with van der Waals surface area (Å²) in [4.78, 5) is 18.7. The van der Waals surface area contributed by atoms with Crippen LogP contribution in [0.4, 0.5) is 4.79 Å². The Bertz CT molecular complexity index is 541. The van der Waals surface area contributed by atoms with Crippen LogP contribution in [0.3, 0.4) is 0 Å². The standard InChI is InChI=1S/C18H27N3O2/c1-18(2,3)23-17(22)20-16-7-6-14-11-21(12-15(14)16)10-13-5-4-8-19-9-13/h4-5,8-9,14-16H,6-7,10-12H2,1-3H3,(H,20,22)/t14-,15-,16+/m0/s1. The van der Waals surface area contributed by atoms with Crippen LogP contribution in [0.1, 0.15) is 39.2 Å². The van der Waals surface area contributed by atoms with Crippen molar-refractivity contribution in [1.82, 2.24) is 15.2 Å². The minimum atomic E-state index is -0.440. The number of alkyl carbamates (subject to hydrolysis) is 1. The minimum Gasteiger partial charge on any atom is -0.444 e. The molecule has 5 nitrogen and oxygen atoms in total. The average molecular weight is 317 g/mol. The predicted molar refractivity (Wildman–Crippen MR) is 88.9 cm³/mol. The fourth-order valence-corrected chi connectivity index (χ4v) is 3.87. The number of aromatic nitrogens is 1. The summed E-state index contributed by atoms with van der Waals surface area (Å²) in [5, 5.41) is 3.09. The smallest absolute Gasteiger partial charge is 0.407 e. The third kappa shape index (κ3) is 4.22. The third-order valence-corrected chi connectivity index (χ3v) is 4.76. The van der Waals surface area contributed by atoms with Crippen molar-refractivity contribution in [3.63, 3.8) is 0 Å². The van der Waals surface area contributed by atoms with Gasteiger partial charge in [-0.2, -0.15) is 0 Å². The van der Waals surface area contributed by atoms with Crippen LogP contribution in [0.2, 0.25) is 0 Å². The molecule has 3 atom stereocenters. The fourth-order valence-electron chi connectivity index (χ4n) is 3.87. The molecule has 5 heteroatoms. The van der Waals surface area contributed by atoms with Crippen molar-refractivity contribution in [1.29, 1.82) is 0 Å². The number of likely N-dealkylation sites (tertiary alicyclic amines) is 1. The number of nitrogens with one attached hydrogen (secondary N) is 1. The second-order valence-electron chi connectivity index (χ2n) is 7.81. The van der Waals surface area contributed by atoms with E-state index in [9.17, 15) is 4.79 Å². The van der Waals surface area contributed by atoms with E-state index in [4.69, 9.17) is 4.74 Å². The quantitative estimate of drug-likeness (QED) is 0.931. The Balaban J connectivity index is 1.53. The number of ether oxygens (including phenoxy) is 1. The molecule has 1 amide bonds. The molecule has 1 aliphatic carbocycles. The molecule has 1 aromatic rings. The van der Waals surface area contributed by atoms with Gasteiger partial charge in [-0.05, 0) is 57.1 Å². The van der Waals surface area contributed by atoms with Crippen LogP contribution in [0.25, 0.3) is 0 Å². The Hall–Kier alpha value is -1.62. The highest BCUT2D eigenvalue weighted by Gasteiger charge is 2.43. The third-order valence-electron chi connectivity index (χ3n) is 4.76. The first-order valence-electron chi connectivity index (χ1n) is 8.51. The number of amides is 1. The number of hydrogen-bond acceptors (Lipinski definition) is 4. The first-order valence-corrected chi connectivity index (χ1v) is 8.51. The van der Waals surface area contributed by atoms with Crippen LogP contribution in [0.15, 0.2) is 24.5 Å². The van der Waals surface area contributed by atoms with Gasteiger partial charge in [0.15, 0.2) is 0 Å². The zero-order valence-corrected chi connectivity index (χ0v) is 14.3. The Labute approximate surface area is 138 Å². The number of hydrogen-bond donors (Lipinski definition) is 1. The van der Waals surface area contributed by atoms with Crippen LogP contribution >= 0.6 is 0 Å². The van der Waals surface area contributed by atoms with E-state index in [0.717, 1.165) is 26.1 Å². The first-order chi connectivity index (χ1) is 10.9. The van der Waals surface area contributed by atoms with E-state index in [-0.39, 0.29) is 12.1 Å². The van der Waals surface area contributed by atoms with Gasteiger partial charge in [-0.25, -0.2) is 4.79 Å². The second-order valence-corrected chi connectivity index (χ2v) is 7.81. The zero-order valence-electron chi connectivity index (χ0n) is 14.3. The first kappa shape index (κ1) is 16.2. The monoisotopic (exact) mass is 317 g/mol. The highest BCUT2D eigenvalue weighted by molar-refractivity contribution is 5.68. The summed E-state index contributed by atoms with van der Waals surface area (Å²) in [6.45, 7) is 8.80. The van der Waals surface area contributed by atoms with Gasteiger partial charge in [0.2, 0.25) is 0 Å². The Morgan fingerprint density at radius 2 is 2.22 bits per heavy atom. The molecular formula is C18H27N3O2. The van der Waals surface area contributed by atoms with E-state index in [1.165, 1.54) is 12.0 Å². The van der Waals surface area contributed by atoms with Crippen LogP contribution < -0.4 is 5.32 Å². The lowest BCUT2D eigenvalue weighted by atomic mass is 9.98. The predicted octanol–water partition coefficient (Wildman–Crippen LogP) is 2.82. The number of rotatable bonds is 3. The molecule has 1 aromatic heterocycles. The maximum Gasteiger partial charge on any atom is 0.407 e. The number of carbonyl (C=O) groups is 1. The molecule has 0 unspecified atom stereocenters. The van der Waals surface area contributed by atoms with Gasteiger partial charge in [-0.15, -0.1) is 0 Å². The average Bonchev–Trinajstić information content (AvgIpc) is 3.00. The normalized spacial score (nSPS) is 27.7. The van der Waals surface area contributed by atoms with E-state index >= 15 is 0 Å². The van der Waals surface area contributed by atoms with Crippen molar-refractivity contribution in [2.24, 2.45) is 11.8 Å². The molecule has 1 saturated carbocycles. The number of carbonyl (C=O) groups excluding carboxylic acids is 1. The van der Waals surface area contributed by atoms with Crippen molar-refractivity contribution in [2.45, 2.75) is 51.8 Å². The number of fused-ring (bicyclic) bond motifs is 1. The number of pyridine rings is 1. The van der Waals surface area contributed by atoms with Crippen molar-refractivity contribution in [2.75, 3.05) is 13.1 Å². The van der Waals surface area contributed by atoms with E-state index < -0.39 is 5.60 Å². The second kappa shape index (κ2) is 6.48. The van der Waals surface area contributed by atoms with Gasteiger partial charge in [0.05, 0.1) is 0 Å². The van der Waals surface area contributed by atoms with Crippen LogP contribution in [0.5, 0.6) is 0 Å². The van der Waals surface area contributed by atoms with Crippen molar-refractivity contribution in [3.8, 4) is 0 Å². The molecule has 126 valence electrons. The van der Waals surface area contributed by atoms with E-state index in [0.29, 0.717) is 11.8 Å². The van der Waals surface area contributed by atoms with Gasteiger partial charge >= 0.3 is 6.09 Å². The van der Waals surface area contributed by atoms with Gasteiger partial charge in [0.25, 0.3) is 0 Å². The minimum absolute atomic E-state index is 0.244. The van der Waals surface area contributed by atoms with Crippen LogP contribution in [-0.4, -0.2) is 40.7 Å². The summed E-state index contributed by atoms with van der Waals surface area (Å²) in [5.41, 5.74) is 0.813. The summed E-state index contributed by atoms with van der Waals surface area (Å²) in [6, 6.07) is 4.35. The molecule has 3 rings (SSSR count). The number of nitrogens with zero attached hydrogens (tertiary/aromatic N) is 2. The van der Waals surface area contributed by atoms with Crippen LogP contribution in [-0.2, 0) is 11.3 Å². The Morgan fingerprint density at radius 3 is 2.91 bits per heavy atom. The molecule has 1 saturated heterocycles. The summed E-state index contributed by atoms with van der Waals surface area (Å²) >= 11 is 0. The molecule has 0 radical (unpaired) electrons. The molecule has 0 spiro atoms. The summed E-state index contributed by atoms with van der Waals surface area (Å²) < 4.78 is 5.40. The molecule has 1 aliphatic heterocycles. The lowest BCUT2D eigenvalue weighted by molar-refractivity contribution is 0.0491. The van der Waals surface area contributed by atoms with Gasteiger partial charge < -0.3 is 10.1 Å². The SMILES string of the molecule is CC(C)(C)OC(=O)N[C@@H]1CC[C@H]2CN(Cc3cccnc3)C[C@@H]21. The Kier molecular flexibility index (Phi) is 4.57. The van der Waals surface area contributed by atoms with E-state index in [1.54, 1.807) is 0 Å². The zero-order chi connectivity index (χ0) is 16.4. The van der Waals surface area contributed by atoms with Crippen molar-refractivity contribution in [3.05, 3.63) is 30.1 Å². The maximum atomic E-state index is 12.0. The topological polar surface area (TPSA) is 54.5 Å². The molecule has 0 aromatic carbocycles. The maximum absolute atomic E-state index is 12.0. The summed E-state index contributed by atoms with van der Waals surface area (Å²) in [7, 11) is 0. The van der Waals surface area contributed by atoms with Gasteiger partial charge in [0, 0.05) is 38.1 Å². The van der Waals surface area contributed by atoms with E-state index in [2.05, 4.69) is 21.3 Å². The Morgan fingerprint density at radius 1 is 1.39 bits per heavy atom. The molecular weight excluding hydrogens is 290 g/mol. The molecule has 0 bridgehead atoms. The van der Waals surface area contributed by atoms with Crippen LogP contribution in [0, 0.1) is 11.8 Å². The van der Waals surface area contributed by atoms with Gasteiger partial charge in [-0.1, -0.05) is 6.07 Å². The van der Waals surface area contributed by atoms with Gasteiger partial charge in [0.1, 0.15) is 5.60 Å². The molecule has 2 heterocycles. The molecule has 1 N–H and O–H groups in total. The fraction of sp³-hybridized carbons (Fsp3) is 0.667. The van der Waals surface area contributed by atoms with Crippen molar-refractivity contribution < 1.29 is 9.53 Å². The summed E-state index contributed by atoms with van der Waals surface area (Å²) in [5.74, 6) is 1.23. The molecule has 2 fully saturated rings. The van der Waals surface area contributed by atoms with E-state index in [1.807, 2.05) is 39.2 Å². The lowest BCUT2D eigenvalue weighted by Gasteiger charge is -2.25. The highest BCUT2D eigenvalue weighted by atomic mass is 16.6. The summed E-state index contributed by atoms with van der Waals surface area (Å²) in [6.07, 6.45) is 5.71. The molecule has 2 aliphatic rings. The molecule has 23 heavy (non-hydrogen) atoms. The largest absolute Gasteiger partial charge is 0.444 e. The van der Waals surface area contributed by atoms with Crippen molar-refractivity contribution >= 4 is 6.09 Å².